The molecule has 0 saturated heterocycles. The van der Waals surface area contributed by atoms with Crippen LogP contribution in [0.3, 0.4) is 0 Å². The van der Waals surface area contributed by atoms with Gasteiger partial charge >= 0.3 is 0 Å². The Morgan fingerprint density at radius 1 is 0.957 bits per heavy atom. The normalized spacial score (nSPS) is 10.9. The van der Waals surface area contributed by atoms with Crippen molar-refractivity contribution in [2.75, 3.05) is 0 Å². The van der Waals surface area contributed by atoms with E-state index in [1.165, 1.54) is 22.9 Å². The smallest absolute Gasteiger partial charge is 0.277 e. The van der Waals surface area contributed by atoms with Crippen LogP contribution in [-0.2, 0) is 12.4 Å². The minimum absolute atomic E-state index is 0.0658. The van der Waals surface area contributed by atoms with Gasteiger partial charge in [0.15, 0.2) is 0 Å². The van der Waals surface area contributed by atoms with E-state index in [0.29, 0.717) is 11.1 Å². The molecule has 0 amide bonds. The fourth-order valence-corrected chi connectivity index (χ4v) is 3.09. The third-order valence-electron chi connectivity index (χ3n) is 3.44. The SMILES string of the molecule is Cc1cc(C)cc(-c2nnc(SCc3ccc(CO)cc3)o2)c1. The second-order valence-electron chi connectivity index (χ2n) is 5.51. The molecule has 0 bridgehead atoms. The maximum atomic E-state index is 9.05. The Balaban J connectivity index is 1.69. The molecule has 3 rings (SSSR count). The van der Waals surface area contributed by atoms with Crippen LogP contribution >= 0.6 is 11.8 Å². The zero-order valence-corrected chi connectivity index (χ0v) is 13.9. The van der Waals surface area contributed by atoms with Gasteiger partial charge in [-0.15, -0.1) is 10.2 Å². The van der Waals surface area contributed by atoms with E-state index < -0.39 is 0 Å². The molecule has 2 aromatic carbocycles. The molecule has 4 nitrogen and oxygen atoms in total. The highest BCUT2D eigenvalue weighted by Crippen LogP contribution is 2.26. The van der Waals surface area contributed by atoms with Crippen LogP contribution in [-0.4, -0.2) is 15.3 Å². The summed E-state index contributed by atoms with van der Waals surface area (Å²) in [5.41, 5.74) is 5.37. The molecule has 1 heterocycles. The lowest BCUT2D eigenvalue weighted by Crippen LogP contribution is -1.85. The lowest BCUT2D eigenvalue weighted by atomic mass is 10.1. The molecular formula is C18H18N2O2S. The first kappa shape index (κ1) is 15.8. The lowest BCUT2D eigenvalue weighted by molar-refractivity contribution is 0.282. The summed E-state index contributed by atoms with van der Waals surface area (Å²) in [6, 6.07) is 14.0. The van der Waals surface area contributed by atoms with Gasteiger partial charge in [-0.05, 0) is 37.1 Å². The molecule has 0 aliphatic heterocycles. The van der Waals surface area contributed by atoms with Crippen LogP contribution in [0.5, 0.6) is 0 Å². The molecule has 23 heavy (non-hydrogen) atoms. The molecule has 0 saturated carbocycles. The molecule has 118 valence electrons. The van der Waals surface area contributed by atoms with Crippen molar-refractivity contribution in [2.45, 2.75) is 31.4 Å². The van der Waals surface area contributed by atoms with Gasteiger partial charge in [-0.3, -0.25) is 0 Å². The Morgan fingerprint density at radius 2 is 1.61 bits per heavy atom. The van der Waals surface area contributed by atoms with Gasteiger partial charge in [0, 0.05) is 11.3 Å². The van der Waals surface area contributed by atoms with E-state index in [0.717, 1.165) is 22.4 Å². The highest BCUT2D eigenvalue weighted by Gasteiger charge is 2.10. The van der Waals surface area contributed by atoms with E-state index >= 15 is 0 Å². The highest BCUT2D eigenvalue weighted by atomic mass is 32.2. The molecule has 5 heteroatoms. The molecule has 0 aliphatic rings. The summed E-state index contributed by atoms with van der Waals surface area (Å²) in [6.07, 6.45) is 0. The summed E-state index contributed by atoms with van der Waals surface area (Å²) in [5.74, 6) is 1.30. The summed E-state index contributed by atoms with van der Waals surface area (Å²) in [5, 5.41) is 17.9. The first-order valence-corrected chi connectivity index (χ1v) is 8.36. The highest BCUT2D eigenvalue weighted by molar-refractivity contribution is 7.98. The summed E-state index contributed by atoms with van der Waals surface area (Å²) >= 11 is 1.51. The fraction of sp³-hybridized carbons (Fsp3) is 0.222. The molecule has 0 fully saturated rings. The van der Waals surface area contributed by atoms with Gasteiger partial charge in [0.05, 0.1) is 6.61 Å². The van der Waals surface area contributed by atoms with Crippen molar-refractivity contribution in [1.82, 2.24) is 10.2 Å². The number of thioether (sulfide) groups is 1. The maximum Gasteiger partial charge on any atom is 0.277 e. The zero-order valence-electron chi connectivity index (χ0n) is 13.1. The molecule has 1 aromatic heterocycles. The van der Waals surface area contributed by atoms with Crippen molar-refractivity contribution in [3.05, 3.63) is 64.7 Å². The van der Waals surface area contributed by atoms with E-state index in [-0.39, 0.29) is 6.61 Å². The van der Waals surface area contributed by atoms with Crippen molar-refractivity contribution < 1.29 is 9.52 Å². The van der Waals surface area contributed by atoms with Crippen LogP contribution < -0.4 is 0 Å². The number of aliphatic hydroxyl groups is 1. The monoisotopic (exact) mass is 326 g/mol. The summed E-state index contributed by atoms with van der Waals surface area (Å²) in [7, 11) is 0. The summed E-state index contributed by atoms with van der Waals surface area (Å²) < 4.78 is 5.75. The Bertz CT molecular complexity index is 777. The third kappa shape index (κ3) is 4.00. The van der Waals surface area contributed by atoms with Crippen LogP contribution in [0.1, 0.15) is 22.3 Å². The molecule has 0 atom stereocenters. The molecule has 1 N–H and O–H groups in total. The van der Waals surface area contributed by atoms with Gasteiger partial charge in [-0.2, -0.15) is 0 Å². The minimum atomic E-state index is 0.0658. The second-order valence-corrected chi connectivity index (χ2v) is 6.44. The Morgan fingerprint density at radius 3 is 2.26 bits per heavy atom. The first-order chi connectivity index (χ1) is 11.1. The Hall–Kier alpha value is -2.11. The molecule has 0 spiro atoms. The fourth-order valence-electron chi connectivity index (χ4n) is 2.37. The van der Waals surface area contributed by atoms with Crippen molar-refractivity contribution in [1.29, 1.82) is 0 Å². The topological polar surface area (TPSA) is 59.2 Å². The number of nitrogens with zero attached hydrogens (tertiary/aromatic N) is 2. The number of aliphatic hydroxyl groups excluding tert-OH is 1. The van der Waals surface area contributed by atoms with Crippen molar-refractivity contribution in [2.24, 2.45) is 0 Å². The number of aryl methyl sites for hydroxylation is 2. The number of hydrogen-bond donors (Lipinski definition) is 1. The summed E-state index contributed by atoms with van der Waals surface area (Å²) in [4.78, 5) is 0. The van der Waals surface area contributed by atoms with Crippen LogP contribution in [0.25, 0.3) is 11.5 Å². The van der Waals surface area contributed by atoms with E-state index in [1.54, 1.807) is 0 Å². The zero-order chi connectivity index (χ0) is 16.2. The van der Waals surface area contributed by atoms with Gasteiger partial charge in [0.2, 0.25) is 5.89 Å². The van der Waals surface area contributed by atoms with Crippen LogP contribution in [0, 0.1) is 13.8 Å². The minimum Gasteiger partial charge on any atom is -0.411 e. The van der Waals surface area contributed by atoms with Crippen LogP contribution in [0.15, 0.2) is 52.1 Å². The molecule has 3 aromatic rings. The van der Waals surface area contributed by atoms with E-state index in [9.17, 15) is 0 Å². The van der Waals surface area contributed by atoms with E-state index in [2.05, 4.69) is 30.1 Å². The summed E-state index contributed by atoms with van der Waals surface area (Å²) in [6.45, 7) is 4.17. The number of hydrogen-bond acceptors (Lipinski definition) is 5. The predicted molar refractivity (Wildman–Crippen MR) is 91.1 cm³/mol. The second kappa shape index (κ2) is 6.98. The van der Waals surface area contributed by atoms with Gasteiger partial charge < -0.3 is 9.52 Å². The quantitative estimate of drug-likeness (QED) is 0.714. The third-order valence-corrected chi connectivity index (χ3v) is 4.33. The van der Waals surface area contributed by atoms with E-state index in [4.69, 9.17) is 9.52 Å². The van der Waals surface area contributed by atoms with Crippen molar-refractivity contribution in [3.8, 4) is 11.5 Å². The lowest BCUT2D eigenvalue weighted by Gasteiger charge is -2.01. The van der Waals surface area contributed by atoms with Crippen LogP contribution in [0.2, 0.25) is 0 Å². The van der Waals surface area contributed by atoms with Crippen LogP contribution in [0.4, 0.5) is 0 Å². The first-order valence-electron chi connectivity index (χ1n) is 7.38. The van der Waals surface area contributed by atoms with Gasteiger partial charge in [0.25, 0.3) is 5.22 Å². The maximum absolute atomic E-state index is 9.05. The Kier molecular flexibility index (Phi) is 4.79. The standard InChI is InChI=1S/C18H18N2O2S/c1-12-7-13(2)9-16(8-12)17-19-20-18(22-17)23-11-15-5-3-14(10-21)4-6-15/h3-9,21H,10-11H2,1-2H3. The van der Waals surface area contributed by atoms with Gasteiger partial charge in [-0.1, -0.05) is 53.2 Å². The average molecular weight is 326 g/mol. The molecular weight excluding hydrogens is 308 g/mol. The number of rotatable bonds is 5. The predicted octanol–water partition coefficient (Wildman–Crippen LogP) is 4.14. The molecule has 0 radical (unpaired) electrons. The van der Waals surface area contributed by atoms with Crippen molar-refractivity contribution >= 4 is 11.8 Å². The van der Waals surface area contributed by atoms with E-state index in [1.807, 2.05) is 36.4 Å². The number of aromatic nitrogens is 2. The molecule has 0 aliphatic carbocycles. The van der Waals surface area contributed by atoms with Crippen molar-refractivity contribution in [3.63, 3.8) is 0 Å². The Labute approximate surface area is 139 Å². The molecule has 0 unspecified atom stereocenters. The number of benzene rings is 2. The van der Waals surface area contributed by atoms with Gasteiger partial charge in [0.1, 0.15) is 0 Å². The largest absolute Gasteiger partial charge is 0.411 e. The van der Waals surface area contributed by atoms with Gasteiger partial charge in [-0.25, -0.2) is 0 Å². The average Bonchev–Trinajstić information content (AvgIpc) is 3.01.